The topological polar surface area (TPSA) is 167 Å². The highest BCUT2D eigenvalue weighted by Crippen LogP contribution is 2.41. The van der Waals surface area contributed by atoms with Crippen molar-refractivity contribution in [2.24, 2.45) is 0 Å². The maximum Gasteiger partial charge on any atom is 0.409 e. The first-order chi connectivity index (χ1) is 31.4. The van der Waals surface area contributed by atoms with E-state index in [9.17, 15) is 37.4 Å². The first-order valence-electron chi connectivity index (χ1n) is 22.6. The van der Waals surface area contributed by atoms with Crippen molar-refractivity contribution in [3.05, 3.63) is 68.6 Å². The molecule has 0 unspecified atom stereocenters. The molecule has 8 rings (SSSR count). The second-order valence-electron chi connectivity index (χ2n) is 15.4. The summed E-state index contributed by atoms with van der Waals surface area (Å²) in [6.45, 7) is 15.0. The quantitative estimate of drug-likeness (QED) is 0.156. The lowest BCUT2D eigenvalue weighted by Gasteiger charge is -2.32. The summed E-state index contributed by atoms with van der Waals surface area (Å²) in [5.74, 6) is 1.28. The third-order valence-electron chi connectivity index (χ3n) is 11.7. The van der Waals surface area contributed by atoms with Gasteiger partial charge in [-0.05, 0) is 58.1 Å². The van der Waals surface area contributed by atoms with E-state index in [1.54, 1.807) is 28.3 Å². The number of ether oxygens (including phenoxy) is 2. The van der Waals surface area contributed by atoms with Crippen LogP contribution in [0.3, 0.4) is 0 Å². The normalized spacial score (nSPS) is 15.1. The van der Waals surface area contributed by atoms with Crippen LogP contribution in [0.5, 0.6) is 0 Å². The van der Waals surface area contributed by atoms with Crippen LogP contribution in [0.2, 0.25) is 0 Å². The SMILES string of the molecule is CC.CC.COC(=O)N1CCc2c(c(N3CCCc4nc(C)c(C(F)F)cc43)nn2CCCO)C1.COC(=O)N1CCc2c(c(N3CCCc4nc(C)c(C(F)F)cc43)nn2CCO)C1. The lowest BCUT2D eigenvalue weighted by atomic mass is 10.0. The number of aryl methyl sites for hydroxylation is 5. The minimum absolute atomic E-state index is 0.0474. The average molecular weight is 917 g/mol. The summed E-state index contributed by atoms with van der Waals surface area (Å²) in [5.41, 5.74) is 7.07. The predicted molar refractivity (Wildman–Crippen MR) is 237 cm³/mol. The number of hydrogen-bond donors (Lipinski definition) is 2. The molecular weight excluding hydrogens is 853 g/mol. The molecule has 0 saturated heterocycles. The molecule has 2 N–H and O–H groups in total. The zero-order chi connectivity index (χ0) is 47.5. The lowest BCUT2D eigenvalue weighted by Crippen LogP contribution is -2.37. The van der Waals surface area contributed by atoms with Crippen LogP contribution in [0.15, 0.2) is 12.1 Å². The van der Waals surface area contributed by atoms with Gasteiger partial charge in [0.15, 0.2) is 11.6 Å². The van der Waals surface area contributed by atoms with Crippen molar-refractivity contribution in [2.45, 2.75) is 126 Å². The van der Waals surface area contributed by atoms with Crippen molar-refractivity contribution in [1.82, 2.24) is 39.3 Å². The van der Waals surface area contributed by atoms with E-state index in [0.29, 0.717) is 112 Å². The molecule has 0 radical (unpaired) electrons. The van der Waals surface area contributed by atoms with Gasteiger partial charge in [0.05, 0.1) is 63.2 Å². The molecule has 65 heavy (non-hydrogen) atoms. The van der Waals surface area contributed by atoms with Crippen LogP contribution in [0.1, 0.15) is 116 Å². The third kappa shape index (κ3) is 10.8. The van der Waals surface area contributed by atoms with Gasteiger partial charge in [-0.15, -0.1) is 0 Å². The minimum Gasteiger partial charge on any atom is -0.453 e. The van der Waals surface area contributed by atoms with Crippen LogP contribution in [0.25, 0.3) is 0 Å². The molecule has 0 aliphatic carbocycles. The Balaban J connectivity index is 0.000000227. The van der Waals surface area contributed by atoms with Crippen LogP contribution < -0.4 is 9.80 Å². The number of nitrogens with zero attached hydrogens (tertiary/aromatic N) is 10. The van der Waals surface area contributed by atoms with Gasteiger partial charge in [-0.25, -0.2) is 27.2 Å². The number of halogens is 4. The van der Waals surface area contributed by atoms with Gasteiger partial charge in [0.1, 0.15) is 0 Å². The molecular formula is C45H64F4N10O6. The minimum atomic E-state index is -2.61. The maximum atomic E-state index is 13.6. The van der Waals surface area contributed by atoms with Gasteiger partial charge in [-0.2, -0.15) is 10.2 Å². The number of alkyl halides is 4. The van der Waals surface area contributed by atoms with Gasteiger partial charge in [0.25, 0.3) is 12.9 Å². The summed E-state index contributed by atoms with van der Waals surface area (Å²) in [4.78, 5) is 40.2. The zero-order valence-electron chi connectivity index (χ0n) is 38.8. The average Bonchev–Trinajstić information content (AvgIpc) is 3.87. The van der Waals surface area contributed by atoms with Gasteiger partial charge in [-0.3, -0.25) is 19.3 Å². The first-order valence-corrected chi connectivity index (χ1v) is 22.6. The number of hydrogen-bond acceptors (Lipinski definition) is 12. The first kappa shape index (κ1) is 50.5. The summed E-state index contributed by atoms with van der Waals surface area (Å²) in [6, 6.07) is 3.04. The van der Waals surface area contributed by atoms with Gasteiger partial charge >= 0.3 is 12.2 Å². The number of aliphatic hydroxyl groups is 2. The number of pyridine rings is 2. The fourth-order valence-electron chi connectivity index (χ4n) is 8.72. The van der Waals surface area contributed by atoms with E-state index in [2.05, 4.69) is 9.97 Å². The fourth-order valence-corrected chi connectivity index (χ4v) is 8.72. The molecule has 0 saturated carbocycles. The molecule has 0 spiro atoms. The van der Waals surface area contributed by atoms with E-state index >= 15 is 0 Å². The molecule has 0 aromatic carbocycles. The van der Waals surface area contributed by atoms with Crippen molar-refractivity contribution in [2.75, 3.05) is 63.4 Å². The summed E-state index contributed by atoms with van der Waals surface area (Å²) in [7, 11) is 2.69. The second kappa shape index (κ2) is 23.1. The predicted octanol–water partition coefficient (Wildman–Crippen LogP) is 7.89. The summed E-state index contributed by atoms with van der Waals surface area (Å²) >= 11 is 0. The van der Waals surface area contributed by atoms with E-state index < -0.39 is 25.0 Å². The molecule has 4 aromatic rings. The van der Waals surface area contributed by atoms with E-state index in [1.165, 1.54) is 26.4 Å². The van der Waals surface area contributed by atoms with Gasteiger partial charge in [-0.1, -0.05) is 27.7 Å². The Labute approximate surface area is 378 Å². The Morgan fingerprint density at radius 3 is 1.43 bits per heavy atom. The number of rotatable bonds is 9. The highest BCUT2D eigenvalue weighted by Gasteiger charge is 2.35. The van der Waals surface area contributed by atoms with E-state index in [4.69, 9.17) is 19.7 Å². The lowest BCUT2D eigenvalue weighted by molar-refractivity contribution is 0.117. The molecule has 8 heterocycles. The Morgan fingerprint density at radius 1 is 0.646 bits per heavy atom. The number of amides is 2. The molecule has 0 atom stereocenters. The van der Waals surface area contributed by atoms with Gasteiger partial charge < -0.3 is 39.3 Å². The monoisotopic (exact) mass is 916 g/mol. The largest absolute Gasteiger partial charge is 0.453 e. The molecule has 16 nitrogen and oxygen atoms in total. The number of carbonyl (C=O) groups excluding carboxylic acids is 2. The fraction of sp³-hybridized carbons (Fsp3) is 0.600. The standard InChI is InChI=1S/C21H27F2N5O3.C20H25F2N5O3.2C2H6/c1-13-14(19(22)23)11-18-16(24-13)5-3-7-27(18)20-15-12-26(21(30)31-2)9-6-17(15)28(25-20)8-4-10-29;1-12-13(18(21)22)10-17-15(23-12)4-3-6-26(17)19-14-11-25(20(29)30-2)7-5-16(14)27(24-19)8-9-28;2*1-2/h11,19,29H,3-10,12H2,1-2H3;10,18,28H,3-9,11H2,1-2H3;2*1-2H3. The molecule has 4 aromatic heterocycles. The molecule has 2 amide bonds. The third-order valence-corrected chi connectivity index (χ3v) is 11.7. The summed E-state index contributed by atoms with van der Waals surface area (Å²) in [5, 5.41) is 28.2. The smallest absolute Gasteiger partial charge is 0.409 e. The Hall–Kier alpha value is -5.50. The second-order valence-corrected chi connectivity index (χ2v) is 15.4. The number of anilines is 4. The van der Waals surface area contributed by atoms with E-state index in [0.717, 1.165) is 53.2 Å². The van der Waals surface area contributed by atoms with E-state index in [1.807, 2.05) is 42.2 Å². The number of fused-ring (bicyclic) bond motifs is 4. The molecule has 0 fully saturated rings. The van der Waals surface area contributed by atoms with Crippen molar-refractivity contribution in [1.29, 1.82) is 0 Å². The Morgan fingerprint density at radius 2 is 1.06 bits per heavy atom. The molecule has 20 heteroatoms. The molecule has 4 aliphatic heterocycles. The maximum absolute atomic E-state index is 13.6. The van der Waals surface area contributed by atoms with Crippen LogP contribution in [0.4, 0.5) is 50.2 Å². The van der Waals surface area contributed by atoms with Crippen LogP contribution in [-0.4, -0.2) is 115 Å². The molecule has 358 valence electrons. The number of aliphatic hydroxyl groups excluding tert-OH is 2. The zero-order valence-corrected chi connectivity index (χ0v) is 38.8. The Kier molecular flexibility index (Phi) is 17.9. The number of aromatic nitrogens is 6. The van der Waals surface area contributed by atoms with Crippen molar-refractivity contribution in [3.63, 3.8) is 0 Å². The van der Waals surface area contributed by atoms with E-state index in [-0.39, 0.29) is 24.3 Å². The number of carbonyl (C=O) groups is 2. The van der Waals surface area contributed by atoms with Crippen LogP contribution >= 0.6 is 0 Å². The van der Waals surface area contributed by atoms with Gasteiger partial charge in [0.2, 0.25) is 0 Å². The van der Waals surface area contributed by atoms with Crippen molar-refractivity contribution >= 4 is 35.2 Å². The highest BCUT2D eigenvalue weighted by molar-refractivity contribution is 5.73. The van der Waals surface area contributed by atoms with Crippen molar-refractivity contribution in [3.8, 4) is 0 Å². The van der Waals surface area contributed by atoms with Crippen LogP contribution in [-0.2, 0) is 61.3 Å². The number of methoxy groups -OCH3 is 2. The van der Waals surface area contributed by atoms with Gasteiger partial charge in [0, 0.05) is 97.2 Å². The Bertz CT molecular complexity index is 2250. The summed E-state index contributed by atoms with van der Waals surface area (Å²) < 4.78 is 67.6. The highest BCUT2D eigenvalue weighted by atomic mass is 19.3. The van der Waals surface area contributed by atoms with Crippen LogP contribution in [0, 0.1) is 13.8 Å². The molecule has 0 bridgehead atoms. The summed E-state index contributed by atoms with van der Waals surface area (Å²) in [6.07, 6.45) is -1.22. The van der Waals surface area contributed by atoms with Crippen molar-refractivity contribution < 1.29 is 46.8 Å². The molecule has 4 aliphatic rings.